The van der Waals surface area contributed by atoms with Crippen molar-refractivity contribution in [2.75, 3.05) is 6.54 Å². The van der Waals surface area contributed by atoms with E-state index in [0.717, 1.165) is 23.5 Å². The minimum atomic E-state index is -0.0403. The number of nitriles is 1. The molecule has 0 atom stereocenters. The molecule has 1 aliphatic heterocycles. The van der Waals surface area contributed by atoms with E-state index in [0.29, 0.717) is 18.4 Å². The van der Waals surface area contributed by atoms with Crippen molar-refractivity contribution in [1.29, 1.82) is 5.26 Å². The predicted molar refractivity (Wildman–Crippen MR) is 82.5 cm³/mol. The van der Waals surface area contributed by atoms with Gasteiger partial charge in [-0.15, -0.1) is 0 Å². The summed E-state index contributed by atoms with van der Waals surface area (Å²) < 4.78 is 1.91. The zero-order valence-corrected chi connectivity index (χ0v) is 12.8. The first kappa shape index (κ1) is 13.8. The molecule has 1 amide bonds. The first-order valence-corrected chi connectivity index (χ1v) is 7.68. The highest BCUT2D eigenvalue weighted by atomic mass is 16.3. The number of carbonyl (C=O) groups is 1. The van der Waals surface area contributed by atoms with Crippen molar-refractivity contribution >= 4 is 5.91 Å². The minimum absolute atomic E-state index is 0.0227. The molecule has 2 heterocycles. The van der Waals surface area contributed by atoms with Gasteiger partial charge in [-0.25, -0.2) is 4.98 Å². The highest BCUT2D eigenvalue weighted by Crippen LogP contribution is 2.35. The number of benzene rings is 1. The Balaban J connectivity index is 1.76. The van der Waals surface area contributed by atoms with Crippen molar-refractivity contribution in [1.82, 2.24) is 14.5 Å². The number of aromatic hydroxyl groups is 1. The maximum atomic E-state index is 12.5. The molecule has 0 saturated heterocycles. The Morgan fingerprint density at radius 1 is 1.43 bits per heavy atom. The molecule has 0 bridgehead atoms. The van der Waals surface area contributed by atoms with Crippen molar-refractivity contribution < 1.29 is 9.90 Å². The monoisotopic (exact) mass is 308 g/mol. The van der Waals surface area contributed by atoms with Crippen molar-refractivity contribution in [2.45, 2.75) is 26.4 Å². The lowest BCUT2D eigenvalue weighted by Gasteiger charge is -2.15. The Morgan fingerprint density at radius 2 is 2.22 bits per heavy atom. The average molecular weight is 308 g/mol. The van der Waals surface area contributed by atoms with Crippen LogP contribution in [0.2, 0.25) is 0 Å². The van der Waals surface area contributed by atoms with Gasteiger partial charge in [-0.2, -0.15) is 5.26 Å². The van der Waals surface area contributed by atoms with Gasteiger partial charge in [0.05, 0.1) is 23.6 Å². The van der Waals surface area contributed by atoms with Gasteiger partial charge < -0.3 is 14.6 Å². The highest BCUT2D eigenvalue weighted by Gasteiger charge is 2.36. The van der Waals surface area contributed by atoms with Crippen LogP contribution in [0, 0.1) is 24.2 Å². The summed E-state index contributed by atoms with van der Waals surface area (Å²) in [5, 5.41) is 18.8. The summed E-state index contributed by atoms with van der Waals surface area (Å²) in [6.45, 7) is 3.15. The lowest BCUT2D eigenvalue weighted by Crippen LogP contribution is -2.27. The molecule has 4 rings (SSSR count). The number of imidazole rings is 1. The second-order valence-corrected chi connectivity index (χ2v) is 6.25. The van der Waals surface area contributed by atoms with Gasteiger partial charge in [0.25, 0.3) is 5.91 Å². The summed E-state index contributed by atoms with van der Waals surface area (Å²) in [4.78, 5) is 18.8. The molecular weight excluding hydrogens is 292 g/mol. The largest absolute Gasteiger partial charge is 0.507 e. The molecule has 0 spiro atoms. The third-order valence-electron chi connectivity index (χ3n) is 4.50. The number of carbonyl (C=O) groups excluding carboxylic acids is 1. The Kier molecular flexibility index (Phi) is 2.91. The van der Waals surface area contributed by atoms with Gasteiger partial charge in [0.2, 0.25) is 5.82 Å². The quantitative estimate of drug-likeness (QED) is 0.943. The van der Waals surface area contributed by atoms with Gasteiger partial charge in [0, 0.05) is 12.1 Å². The molecule has 23 heavy (non-hydrogen) atoms. The topological polar surface area (TPSA) is 82.2 Å². The lowest BCUT2D eigenvalue weighted by atomic mass is 10.1. The molecule has 6 nitrogen and oxygen atoms in total. The minimum Gasteiger partial charge on any atom is -0.507 e. The number of fused-ring (bicyclic) bond motifs is 1. The predicted octanol–water partition coefficient (Wildman–Crippen LogP) is 2.26. The van der Waals surface area contributed by atoms with Gasteiger partial charge in [-0.3, -0.25) is 4.79 Å². The Morgan fingerprint density at radius 3 is 2.91 bits per heavy atom. The molecule has 1 saturated carbocycles. The summed E-state index contributed by atoms with van der Waals surface area (Å²) in [7, 11) is 0. The number of hydrogen-bond donors (Lipinski definition) is 1. The van der Waals surface area contributed by atoms with Crippen molar-refractivity contribution in [3.63, 3.8) is 0 Å². The van der Waals surface area contributed by atoms with Crippen LogP contribution in [0.25, 0.3) is 11.3 Å². The van der Waals surface area contributed by atoms with Crippen LogP contribution in [-0.4, -0.2) is 32.0 Å². The van der Waals surface area contributed by atoms with E-state index in [2.05, 4.69) is 4.98 Å². The second-order valence-electron chi connectivity index (χ2n) is 6.25. The van der Waals surface area contributed by atoms with E-state index in [-0.39, 0.29) is 17.2 Å². The smallest absolute Gasteiger partial charge is 0.291 e. The van der Waals surface area contributed by atoms with E-state index in [4.69, 9.17) is 5.26 Å². The van der Waals surface area contributed by atoms with E-state index >= 15 is 0 Å². The van der Waals surface area contributed by atoms with E-state index in [1.165, 1.54) is 18.9 Å². The van der Waals surface area contributed by atoms with Gasteiger partial charge in [0.1, 0.15) is 11.8 Å². The van der Waals surface area contributed by atoms with E-state index in [9.17, 15) is 9.90 Å². The number of rotatable bonds is 3. The number of phenols is 1. The molecule has 1 aliphatic carbocycles. The van der Waals surface area contributed by atoms with Gasteiger partial charge in [0.15, 0.2) is 0 Å². The fourth-order valence-corrected chi connectivity index (χ4v) is 3.14. The zero-order chi connectivity index (χ0) is 16.1. The lowest BCUT2D eigenvalue weighted by molar-refractivity contribution is 0.0758. The number of amides is 1. The summed E-state index contributed by atoms with van der Waals surface area (Å²) in [5.74, 6) is 1.03. The first-order chi connectivity index (χ1) is 11.1. The van der Waals surface area contributed by atoms with Crippen LogP contribution in [0.15, 0.2) is 18.2 Å². The number of nitrogens with zero attached hydrogens (tertiary/aromatic N) is 4. The van der Waals surface area contributed by atoms with Gasteiger partial charge in [-0.1, -0.05) is 0 Å². The van der Waals surface area contributed by atoms with Crippen LogP contribution in [0.5, 0.6) is 5.75 Å². The van der Waals surface area contributed by atoms with Crippen LogP contribution in [0.3, 0.4) is 0 Å². The Labute approximate surface area is 133 Å². The Hall–Kier alpha value is -2.81. The molecule has 1 fully saturated rings. The molecule has 2 aliphatic rings. The van der Waals surface area contributed by atoms with Crippen molar-refractivity contribution in [2.24, 2.45) is 5.92 Å². The van der Waals surface area contributed by atoms with Crippen LogP contribution >= 0.6 is 0 Å². The Bertz CT molecular complexity index is 858. The summed E-state index contributed by atoms with van der Waals surface area (Å²) in [6.07, 6.45) is 2.39. The SMILES string of the molecule is Cc1nc2n(c1-c1ccc(O)c(C#N)c1)CN(CC1CC1)C2=O. The summed E-state index contributed by atoms with van der Waals surface area (Å²) >= 11 is 0. The van der Waals surface area contributed by atoms with Crippen molar-refractivity contribution in [3.05, 3.63) is 35.3 Å². The molecule has 2 aromatic rings. The van der Waals surface area contributed by atoms with Crippen molar-refractivity contribution in [3.8, 4) is 23.1 Å². The second kappa shape index (κ2) is 4.85. The highest BCUT2D eigenvalue weighted by molar-refractivity contribution is 5.94. The maximum Gasteiger partial charge on any atom is 0.291 e. The molecular formula is C17H16N4O2. The number of phenolic OH excluding ortho intramolecular Hbond substituents is 1. The van der Waals surface area contributed by atoms with Crippen LogP contribution in [0.1, 0.15) is 34.7 Å². The molecule has 116 valence electrons. The van der Waals surface area contributed by atoms with Crippen LogP contribution < -0.4 is 0 Å². The van der Waals surface area contributed by atoms with Crippen LogP contribution in [-0.2, 0) is 6.67 Å². The third kappa shape index (κ3) is 2.16. The number of hydrogen-bond acceptors (Lipinski definition) is 4. The van der Waals surface area contributed by atoms with E-state index < -0.39 is 0 Å². The summed E-state index contributed by atoms with van der Waals surface area (Å²) in [5.41, 5.74) is 2.60. The first-order valence-electron chi connectivity index (χ1n) is 7.68. The maximum absolute atomic E-state index is 12.5. The van der Waals surface area contributed by atoms with Gasteiger partial charge in [-0.05, 0) is 43.9 Å². The van der Waals surface area contributed by atoms with E-state index in [1.54, 1.807) is 12.1 Å². The third-order valence-corrected chi connectivity index (χ3v) is 4.50. The van der Waals surface area contributed by atoms with Crippen LogP contribution in [0.4, 0.5) is 0 Å². The average Bonchev–Trinajstić information content (AvgIpc) is 3.23. The molecule has 0 unspecified atom stereocenters. The standard InChI is InChI=1S/C17H16N4O2/c1-10-15(12-4-5-14(22)13(6-12)7-18)21-9-20(8-11-2-3-11)17(23)16(21)19-10/h4-6,11,22H,2-3,8-9H2,1H3. The zero-order valence-electron chi connectivity index (χ0n) is 12.8. The molecule has 0 radical (unpaired) electrons. The number of aryl methyl sites for hydroxylation is 1. The fraction of sp³-hybridized carbons (Fsp3) is 0.353. The molecule has 1 aromatic carbocycles. The normalized spacial score (nSPS) is 16.5. The summed E-state index contributed by atoms with van der Waals surface area (Å²) in [6, 6.07) is 6.88. The molecule has 6 heteroatoms. The van der Waals surface area contributed by atoms with E-state index in [1.807, 2.05) is 22.5 Å². The number of aromatic nitrogens is 2. The molecule has 1 N–H and O–H groups in total. The fourth-order valence-electron chi connectivity index (χ4n) is 3.14. The van der Waals surface area contributed by atoms with Gasteiger partial charge >= 0.3 is 0 Å². The molecule has 1 aromatic heterocycles.